The maximum atomic E-state index is 2.45. The number of rotatable bonds is 8. The highest BCUT2D eigenvalue weighted by atomic mass is 15.1. The van der Waals surface area contributed by atoms with Gasteiger partial charge < -0.3 is 9.47 Å². The molecule has 0 N–H and O–H groups in total. The van der Waals surface area contributed by atoms with Crippen molar-refractivity contribution in [2.24, 2.45) is 0 Å². The third-order valence-corrected chi connectivity index (χ3v) is 12.8. The summed E-state index contributed by atoms with van der Waals surface area (Å²) in [5.41, 5.74) is 16.4. The van der Waals surface area contributed by atoms with Crippen molar-refractivity contribution < 1.29 is 0 Å². The van der Waals surface area contributed by atoms with Crippen LogP contribution in [0.5, 0.6) is 0 Å². The van der Waals surface area contributed by atoms with Crippen molar-refractivity contribution >= 4 is 60.4 Å². The molecule has 1 heterocycles. The number of anilines is 3. The van der Waals surface area contributed by atoms with Crippen LogP contribution in [0, 0.1) is 0 Å². The van der Waals surface area contributed by atoms with E-state index in [1.807, 2.05) is 0 Å². The molecule has 0 radical (unpaired) electrons. The lowest BCUT2D eigenvalue weighted by molar-refractivity contribution is 1.18. The Hall–Kier alpha value is -8.46. The minimum absolute atomic E-state index is 1.08. The van der Waals surface area contributed by atoms with E-state index in [-0.39, 0.29) is 0 Å². The largest absolute Gasteiger partial charge is 0.310 e. The van der Waals surface area contributed by atoms with Crippen molar-refractivity contribution in [1.29, 1.82) is 0 Å². The smallest absolute Gasteiger partial charge is 0.0625 e. The first-order chi connectivity index (χ1) is 31.8. The summed E-state index contributed by atoms with van der Waals surface area (Å²) in [6, 6.07) is 92.7. The highest BCUT2D eigenvalue weighted by Crippen LogP contribution is 2.45. The van der Waals surface area contributed by atoms with E-state index in [0.717, 1.165) is 28.3 Å². The molecule has 11 aromatic carbocycles. The lowest BCUT2D eigenvalue weighted by Crippen LogP contribution is -2.10. The Kier molecular flexibility index (Phi) is 9.20. The molecule has 0 aliphatic rings. The van der Waals surface area contributed by atoms with E-state index >= 15 is 0 Å². The first-order valence-corrected chi connectivity index (χ1v) is 22.0. The third-order valence-electron chi connectivity index (χ3n) is 12.8. The minimum atomic E-state index is 1.08. The number of aromatic nitrogens is 1. The zero-order chi connectivity index (χ0) is 42.4. The molecule has 2 heteroatoms. The molecule has 0 atom stereocenters. The summed E-state index contributed by atoms with van der Waals surface area (Å²) >= 11 is 0. The zero-order valence-electron chi connectivity index (χ0n) is 35.1. The van der Waals surface area contributed by atoms with Crippen LogP contribution in [-0.4, -0.2) is 4.57 Å². The Morgan fingerprint density at radius 3 is 1.38 bits per heavy atom. The zero-order valence-corrected chi connectivity index (χ0v) is 35.1. The summed E-state index contributed by atoms with van der Waals surface area (Å²) in [6.07, 6.45) is 0. The fraction of sp³-hybridized carbons (Fsp3) is 0. The van der Waals surface area contributed by atoms with Crippen molar-refractivity contribution in [1.82, 2.24) is 4.57 Å². The summed E-state index contributed by atoms with van der Waals surface area (Å²) in [7, 11) is 0. The van der Waals surface area contributed by atoms with Gasteiger partial charge in [0.25, 0.3) is 0 Å². The molecule has 0 saturated heterocycles. The second kappa shape index (κ2) is 15.8. The van der Waals surface area contributed by atoms with Gasteiger partial charge in [-0.3, -0.25) is 0 Å². The van der Waals surface area contributed by atoms with E-state index in [0.29, 0.717) is 0 Å². The molecule has 0 unspecified atom stereocenters. The standard InChI is InChI=1S/C62H42N2/c1-3-16-45(17-4-1)58-41-40-57(61-59-28-11-12-31-60(59)64(62(58)61)49-23-5-2-6-24-49)48-22-13-25-52(42-48)63(50-36-32-46(33-37-50)55-29-14-20-43-18-7-9-26-53(43)55)51-38-34-47(35-39-51)56-30-15-21-44-19-8-10-27-54(44)56/h1-42H. The van der Waals surface area contributed by atoms with Crippen LogP contribution in [0.15, 0.2) is 255 Å². The number of fused-ring (bicyclic) bond motifs is 5. The van der Waals surface area contributed by atoms with E-state index in [9.17, 15) is 0 Å². The molecule has 12 rings (SSSR count). The van der Waals surface area contributed by atoms with Crippen LogP contribution in [0.3, 0.4) is 0 Å². The van der Waals surface area contributed by atoms with Crippen molar-refractivity contribution in [2.75, 3.05) is 4.90 Å². The predicted molar refractivity (Wildman–Crippen MR) is 272 cm³/mol. The first kappa shape index (κ1) is 37.3. The molecule has 300 valence electrons. The van der Waals surface area contributed by atoms with E-state index in [1.54, 1.807) is 0 Å². The van der Waals surface area contributed by atoms with Crippen LogP contribution in [0.4, 0.5) is 17.1 Å². The van der Waals surface area contributed by atoms with E-state index < -0.39 is 0 Å². The monoisotopic (exact) mass is 814 g/mol. The molecule has 0 bridgehead atoms. The average molecular weight is 815 g/mol. The lowest BCUT2D eigenvalue weighted by atomic mass is 9.94. The maximum absolute atomic E-state index is 2.45. The summed E-state index contributed by atoms with van der Waals surface area (Å²) in [6.45, 7) is 0. The second-order valence-electron chi connectivity index (χ2n) is 16.5. The molecule has 0 fully saturated rings. The molecular weight excluding hydrogens is 773 g/mol. The Bertz CT molecular complexity index is 3510. The number of benzene rings is 11. The van der Waals surface area contributed by atoms with E-state index in [1.165, 1.54) is 82.3 Å². The quantitative estimate of drug-likeness (QED) is 0.148. The summed E-state index contributed by atoms with van der Waals surface area (Å²) in [4.78, 5) is 2.39. The fourth-order valence-electron chi connectivity index (χ4n) is 9.83. The van der Waals surface area contributed by atoms with Gasteiger partial charge in [-0.15, -0.1) is 0 Å². The van der Waals surface area contributed by atoms with Gasteiger partial charge in [-0.2, -0.15) is 0 Å². The highest BCUT2D eigenvalue weighted by molar-refractivity contribution is 6.19. The number of hydrogen-bond acceptors (Lipinski definition) is 1. The Morgan fingerprint density at radius 2 is 0.750 bits per heavy atom. The maximum Gasteiger partial charge on any atom is 0.0625 e. The molecule has 0 spiro atoms. The number of nitrogens with zero attached hydrogens (tertiary/aromatic N) is 2. The molecule has 0 aliphatic carbocycles. The molecule has 2 nitrogen and oxygen atoms in total. The van der Waals surface area contributed by atoms with Gasteiger partial charge in [0.15, 0.2) is 0 Å². The lowest BCUT2D eigenvalue weighted by Gasteiger charge is -2.27. The van der Waals surface area contributed by atoms with E-state index in [2.05, 4.69) is 264 Å². The molecule has 0 saturated carbocycles. The van der Waals surface area contributed by atoms with Gasteiger partial charge in [-0.05, 0) is 115 Å². The van der Waals surface area contributed by atoms with Gasteiger partial charge >= 0.3 is 0 Å². The van der Waals surface area contributed by atoms with Gasteiger partial charge in [-0.1, -0.05) is 200 Å². The average Bonchev–Trinajstić information content (AvgIpc) is 3.72. The summed E-state index contributed by atoms with van der Waals surface area (Å²) in [5, 5.41) is 7.46. The third kappa shape index (κ3) is 6.44. The normalized spacial score (nSPS) is 11.4. The van der Waals surface area contributed by atoms with Crippen LogP contribution in [0.2, 0.25) is 0 Å². The van der Waals surface area contributed by atoms with Gasteiger partial charge in [0.1, 0.15) is 0 Å². The molecule has 0 aliphatic heterocycles. The second-order valence-corrected chi connectivity index (χ2v) is 16.5. The summed E-state index contributed by atoms with van der Waals surface area (Å²) < 4.78 is 2.45. The summed E-state index contributed by atoms with van der Waals surface area (Å²) in [5.74, 6) is 0. The highest BCUT2D eigenvalue weighted by Gasteiger charge is 2.21. The van der Waals surface area contributed by atoms with Crippen molar-refractivity contribution in [2.45, 2.75) is 0 Å². The van der Waals surface area contributed by atoms with E-state index in [4.69, 9.17) is 0 Å². The van der Waals surface area contributed by atoms with Crippen molar-refractivity contribution in [3.63, 3.8) is 0 Å². The molecule has 12 aromatic rings. The minimum Gasteiger partial charge on any atom is -0.310 e. The van der Waals surface area contributed by atoms with Crippen LogP contribution < -0.4 is 4.90 Å². The predicted octanol–water partition coefficient (Wildman–Crippen LogP) is 17.2. The van der Waals surface area contributed by atoms with Crippen LogP contribution >= 0.6 is 0 Å². The first-order valence-electron chi connectivity index (χ1n) is 22.0. The molecule has 1 aromatic heterocycles. The van der Waals surface area contributed by atoms with Gasteiger partial charge in [0.2, 0.25) is 0 Å². The SMILES string of the molecule is c1ccc(-c2ccc(-c3cccc(N(c4ccc(-c5cccc6ccccc56)cc4)c4ccc(-c5cccc6ccccc56)cc4)c3)c3c4ccccc4n(-c4ccccc4)c23)cc1. The Morgan fingerprint density at radius 1 is 0.281 bits per heavy atom. The van der Waals surface area contributed by atoms with Crippen molar-refractivity contribution in [3.8, 4) is 50.2 Å². The Labute approximate surface area is 373 Å². The Balaban J connectivity index is 1.04. The molecule has 64 heavy (non-hydrogen) atoms. The number of para-hydroxylation sites is 2. The fourth-order valence-corrected chi connectivity index (χ4v) is 9.83. The topological polar surface area (TPSA) is 8.17 Å². The van der Waals surface area contributed by atoms with Gasteiger partial charge in [0.05, 0.1) is 11.0 Å². The van der Waals surface area contributed by atoms with Crippen LogP contribution in [0.1, 0.15) is 0 Å². The molecule has 0 amide bonds. The number of hydrogen-bond donors (Lipinski definition) is 0. The van der Waals surface area contributed by atoms with Crippen LogP contribution in [0.25, 0.3) is 93.5 Å². The van der Waals surface area contributed by atoms with Gasteiger partial charge in [-0.25, -0.2) is 0 Å². The van der Waals surface area contributed by atoms with Crippen LogP contribution in [-0.2, 0) is 0 Å². The van der Waals surface area contributed by atoms with Gasteiger partial charge in [0, 0.05) is 39.1 Å². The van der Waals surface area contributed by atoms with Crippen molar-refractivity contribution in [3.05, 3.63) is 255 Å². The molecular formula is C62H42N2.